The summed E-state index contributed by atoms with van der Waals surface area (Å²) >= 11 is 1.42. The minimum atomic E-state index is 0.0619. The van der Waals surface area contributed by atoms with Gasteiger partial charge in [-0.25, -0.2) is 0 Å². The lowest BCUT2D eigenvalue weighted by atomic mass is 10.2. The van der Waals surface area contributed by atoms with E-state index in [1.165, 1.54) is 11.8 Å². The van der Waals surface area contributed by atoms with Crippen LogP contribution in [-0.4, -0.2) is 32.4 Å². The number of hydrogen-bond donors (Lipinski definition) is 0. The molecule has 2 aromatic rings. The van der Waals surface area contributed by atoms with Crippen molar-refractivity contribution in [2.24, 2.45) is 10.2 Å². The van der Waals surface area contributed by atoms with Crippen LogP contribution in [0.2, 0.25) is 0 Å². The summed E-state index contributed by atoms with van der Waals surface area (Å²) in [6, 6.07) is 13.7. The topological polar surface area (TPSA) is 57.9 Å². The Kier molecular flexibility index (Phi) is 4.83. The van der Waals surface area contributed by atoms with Crippen LogP contribution in [0.5, 0.6) is 0 Å². The number of amidine groups is 1. The average molecular weight is 324 g/mol. The van der Waals surface area contributed by atoms with Gasteiger partial charge in [0.1, 0.15) is 0 Å². The zero-order chi connectivity index (χ0) is 16.1. The number of carbonyl (C=O) groups excluding carboxylic acids is 1. The lowest BCUT2D eigenvalue weighted by molar-refractivity contribution is -0.124. The molecule has 5 nitrogen and oxygen atoms in total. The molecule has 2 heterocycles. The number of rotatable bonds is 4. The molecule has 1 saturated heterocycles. The molecule has 0 aliphatic carbocycles. The summed E-state index contributed by atoms with van der Waals surface area (Å²) in [6.45, 7) is 2.40. The van der Waals surface area contributed by atoms with E-state index in [-0.39, 0.29) is 5.91 Å². The monoisotopic (exact) mass is 324 g/mol. The molecular weight excluding hydrogens is 308 g/mol. The van der Waals surface area contributed by atoms with E-state index >= 15 is 0 Å². The molecule has 1 aliphatic rings. The van der Waals surface area contributed by atoms with E-state index in [1.54, 1.807) is 17.3 Å². The van der Waals surface area contributed by atoms with Crippen molar-refractivity contribution in [1.82, 2.24) is 9.88 Å². The summed E-state index contributed by atoms with van der Waals surface area (Å²) in [5.74, 6) is 0.472. The van der Waals surface area contributed by atoms with Crippen LogP contribution < -0.4 is 0 Å². The van der Waals surface area contributed by atoms with Crippen LogP contribution in [0, 0.1) is 0 Å². The minimum Gasteiger partial charge on any atom is -0.285 e. The fourth-order valence-corrected chi connectivity index (χ4v) is 2.97. The maximum Gasteiger partial charge on any atom is 0.239 e. The molecule has 3 rings (SSSR count). The molecule has 0 unspecified atom stereocenters. The number of carbonyl (C=O) groups is 1. The van der Waals surface area contributed by atoms with Gasteiger partial charge in [-0.15, -0.1) is 5.10 Å². The van der Waals surface area contributed by atoms with Gasteiger partial charge in [0.25, 0.3) is 0 Å². The van der Waals surface area contributed by atoms with Gasteiger partial charge >= 0.3 is 0 Å². The van der Waals surface area contributed by atoms with Crippen molar-refractivity contribution in [3.05, 3.63) is 66.0 Å². The van der Waals surface area contributed by atoms with Gasteiger partial charge in [0, 0.05) is 18.0 Å². The first-order valence-corrected chi connectivity index (χ1v) is 8.22. The molecule has 0 saturated carbocycles. The van der Waals surface area contributed by atoms with Crippen molar-refractivity contribution >= 4 is 28.5 Å². The Labute approximate surface area is 139 Å². The summed E-state index contributed by atoms with van der Waals surface area (Å²) in [6.07, 6.45) is 3.46. The summed E-state index contributed by atoms with van der Waals surface area (Å²) < 4.78 is 0. The average Bonchev–Trinajstić information content (AvgIpc) is 2.94. The van der Waals surface area contributed by atoms with Crippen LogP contribution in [0.15, 0.2) is 65.1 Å². The molecule has 1 aliphatic heterocycles. The van der Waals surface area contributed by atoms with Gasteiger partial charge in [-0.05, 0) is 18.6 Å². The normalized spacial score (nSPS) is 17.1. The van der Waals surface area contributed by atoms with Gasteiger partial charge in [-0.3, -0.25) is 14.7 Å². The molecule has 6 heteroatoms. The third kappa shape index (κ3) is 3.84. The molecule has 0 N–H and O–H groups in total. The van der Waals surface area contributed by atoms with Crippen LogP contribution in [0.4, 0.5) is 0 Å². The van der Waals surface area contributed by atoms with Crippen LogP contribution >= 0.6 is 11.8 Å². The highest BCUT2D eigenvalue weighted by Gasteiger charge is 2.28. The number of thioether (sulfide) groups is 1. The fourth-order valence-electron chi connectivity index (χ4n) is 2.15. The first kappa shape index (κ1) is 15.4. The smallest absolute Gasteiger partial charge is 0.239 e. The molecule has 1 aromatic heterocycles. The van der Waals surface area contributed by atoms with Crippen molar-refractivity contribution in [3.63, 3.8) is 0 Å². The molecular formula is C17H16N4OS. The lowest BCUT2D eigenvalue weighted by Gasteiger charge is -2.15. The van der Waals surface area contributed by atoms with Crippen LogP contribution in [0.3, 0.4) is 0 Å². The Morgan fingerprint density at radius 3 is 2.83 bits per heavy atom. The molecule has 0 atom stereocenters. The van der Waals surface area contributed by atoms with Gasteiger partial charge in [0.15, 0.2) is 5.17 Å². The number of benzene rings is 1. The lowest BCUT2D eigenvalue weighted by Crippen LogP contribution is -2.28. The van der Waals surface area contributed by atoms with Crippen molar-refractivity contribution in [1.29, 1.82) is 0 Å². The van der Waals surface area contributed by atoms with Crippen molar-refractivity contribution in [2.45, 2.75) is 13.5 Å². The molecule has 116 valence electrons. The second-order valence-corrected chi connectivity index (χ2v) is 6.01. The molecule has 1 aromatic carbocycles. The van der Waals surface area contributed by atoms with E-state index in [9.17, 15) is 4.79 Å². The highest BCUT2D eigenvalue weighted by Crippen LogP contribution is 2.22. The summed E-state index contributed by atoms with van der Waals surface area (Å²) in [5.41, 5.74) is 2.76. The summed E-state index contributed by atoms with van der Waals surface area (Å²) in [7, 11) is 0. The Morgan fingerprint density at radius 1 is 1.26 bits per heavy atom. The third-order valence-corrected chi connectivity index (χ3v) is 4.36. The highest BCUT2D eigenvalue weighted by atomic mass is 32.2. The maximum absolute atomic E-state index is 12.1. The number of pyridine rings is 1. The first-order chi connectivity index (χ1) is 11.2. The van der Waals surface area contributed by atoms with Gasteiger partial charge in [0.2, 0.25) is 5.91 Å². The summed E-state index contributed by atoms with van der Waals surface area (Å²) in [5, 5.41) is 9.17. The van der Waals surface area contributed by atoms with Crippen molar-refractivity contribution < 1.29 is 4.79 Å². The fraction of sp³-hybridized carbons (Fsp3) is 0.176. The molecule has 0 radical (unpaired) electrons. The number of amides is 1. The van der Waals surface area contributed by atoms with Crippen LogP contribution in [0.25, 0.3) is 0 Å². The zero-order valence-corrected chi connectivity index (χ0v) is 13.5. The zero-order valence-electron chi connectivity index (χ0n) is 12.7. The molecule has 0 spiro atoms. The van der Waals surface area contributed by atoms with Gasteiger partial charge in [-0.1, -0.05) is 48.2 Å². The van der Waals surface area contributed by atoms with E-state index in [0.29, 0.717) is 17.5 Å². The summed E-state index contributed by atoms with van der Waals surface area (Å²) in [4.78, 5) is 17.8. The Hall–Kier alpha value is -2.47. The number of nitrogens with zero attached hydrogens (tertiary/aromatic N) is 4. The predicted molar refractivity (Wildman–Crippen MR) is 93.3 cm³/mol. The second-order valence-electron chi connectivity index (χ2n) is 5.06. The van der Waals surface area contributed by atoms with Gasteiger partial charge in [-0.2, -0.15) is 5.10 Å². The second kappa shape index (κ2) is 7.19. The molecule has 23 heavy (non-hydrogen) atoms. The quantitative estimate of drug-likeness (QED) is 0.642. The standard InChI is InChI=1S/C17H16N4OS/c1-13(15-8-5-9-18-10-15)19-20-17-21(16(22)12-23-17)11-14-6-3-2-4-7-14/h2-10H,11-12H2,1H3/b19-13-,20-17+. The van der Waals surface area contributed by atoms with Gasteiger partial charge < -0.3 is 0 Å². The predicted octanol–water partition coefficient (Wildman–Crippen LogP) is 2.94. The molecule has 1 amide bonds. The number of aromatic nitrogens is 1. The Bertz CT molecular complexity index is 744. The van der Waals surface area contributed by atoms with Crippen molar-refractivity contribution in [3.8, 4) is 0 Å². The molecule has 1 fully saturated rings. The van der Waals surface area contributed by atoms with Gasteiger partial charge in [0.05, 0.1) is 18.0 Å². The maximum atomic E-state index is 12.1. The van der Waals surface area contributed by atoms with Crippen LogP contribution in [0.1, 0.15) is 18.1 Å². The van der Waals surface area contributed by atoms with E-state index in [1.807, 2.05) is 49.4 Å². The van der Waals surface area contributed by atoms with E-state index in [4.69, 9.17) is 0 Å². The Morgan fingerprint density at radius 2 is 2.09 bits per heavy atom. The Balaban J connectivity index is 1.79. The van der Waals surface area contributed by atoms with E-state index in [2.05, 4.69) is 15.2 Å². The number of hydrogen-bond acceptors (Lipinski definition) is 5. The largest absolute Gasteiger partial charge is 0.285 e. The SMILES string of the molecule is C/C(=N/N=C1/SCC(=O)N1Cc1ccccc1)c1cccnc1. The van der Waals surface area contributed by atoms with E-state index < -0.39 is 0 Å². The highest BCUT2D eigenvalue weighted by molar-refractivity contribution is 8.15. The minimum absolute atomic E-state index is 0.0619. The van der Waals surface area contributed by atoms with Crippen LogP contribution in [-0.2, 0) is 11.3 Å². The third-order valence-electron chi connectivity index (χ3n) is 3.41. The molecule has 0 bridgehead atoms. The van der Waals surface area contributed by atoms with E-state index in [0.717, 1.165) is 16.8 Å². The first-order valence-electron chi connectivity index (χ1n) is 7.24. The van der Waals surface area contributed by atoms with Crippen molar-refractivity contribution in [2.75, 3.05) is 5.75 Å².